The van der Waals surface area contributed by atoms with Crippen LogP contribution in [0.5, 0.6) is 5.75 Å². The molecule has 0 heterocycles. The Bertz CT molecular complexity index is 614. The fourth-order valence-electron chi connectivity index (χ4n) is 1.79. The molecule has 0 saturated heterocycles. The molecule has 2 nitrogen and oxygen atoms in total. The summed E-state index contributed by atoms with van der Waals surface area (Å²) in [6, 6.07) is 9.07. The molecule has 5 heteroatoms. The molecule has 0 amide bonds. The van der Waals surface area contributed by atoms with Crippen LogP contribution in [-0.2, 0) is 6.54 Å². The molecule has 100 valence electrons. The van der Waals surface area contributed by atoms with E-state index in [1.807, 2.05) is 18.2 Å². The molecule has 19 heavy (non-hydrogen) atoms. The zero-order chi connectivity index (χ0) is 14.0. The van der Waals surface area contributed by atoms with Gasteiger partial charge in [-0.3, -0.25) is 0 Å². The first-order valence-electron chi connectivity index (χ1n) is 5.58. The Balaban J connectivity index is 2.53. The van der Waals surface area contributed by atoms with Crippen LogP contribution in [0.25, 0.3) is 11.1 Å². The Morgan fingerprint density at radius 1 is 1.00 bits per heavy atom. The van der Waals surface area contributed by atoms with Crippen molar-refractivity contribution in [1.82, 2.24) is 0 Å². The quantitative estimate of drug-likeness (QED) is 0.884. The van der Waals surface area contributed by atoms with Crippen LogP contribution in [0.1, 0.15) is 5.56 Å². The first kappa shape index (κ1) is 14.5. The summed E-state index contributed by atoms with van der Waals surface area (Å²) in [5, 5.41) is 1.67. The minimum Gasteiger partial charge on any atom is -0.495 e. The van der Waals surface area contributed by atoms with Gasteiger partial charge >= 0.3 is 0 Å². The van der Waals surface area contributed by atoms with Gasteiger partial charge in [0.25, 0.3) is 0 Å². The molecule has 0 radical (unpaired) electrons. The van der Waals surface area contributed by atoms with Gasteiger partial charge in [0.2, 0.25) is 0 Å². The van der Waals surface area contributed by atoms with Gasteiger partial charge in [0.05, 0.1) is 17.2 Å². The predicted molar refractivity (Wildman–Crippen MR) is 81.4 cm³/mol. The summed E-state index contributed by atoms with van der Waals surface area (Å²) in [4.78, 5) is 0. The summed E-state index contributed by atoms with van der Waals surface area (Å²) in [5.41, 5.74) is 8.16. The van der Waals surface area contributed by atoms with Crippen molar-refractivity contribution in [2.45, 2.75) is 6.54 Å². The highest BCUT2D eigenvalue weighted by Crippen LogP contribution is 2.37. The van der Waals surface area contributed by atoms with E-state index in [2.05, 4.69) is 0 Å². The smallest absolute Gasteiger partial charge is 0.138 e. The highest BCUT2D eigenvalue weighted by molar-refractivity contribution is 6.36. The Labute approximate surface area is 127 Å². The predicted octanol–water partition coefficient (Wildman–Crippen LogP) is 4.78. The third-order valence-corrected chi connectivity index (χ3v) is 3.79. The van der Waals surface area contributed by atoms with Crippen molar-refractivity contribution >= 4 is 34.8 Å². The van der Waals surface area contributed by atoms with Gasteiger partial charge < -0.3 is 10.5 Å². The summed E-state index contributed by atoms with van der Waals surface area (Å²) in [5.74, 6) is 0.542. The zero-order valence-corrected chi connectivity index (χ0v) is 12.5. The molecule has 0 bridgehead atoms. The van der Waals surface area contributed by atoms with E-state index in [1.165, 1.54) is 0 Å². The van der Waals surface area contributed by atoms with Crippen molar-refractivity contribution in [3.05, 3.63) is 51.0 Å². The summed E-state index contributed by atoms with van der Waals surface area (Å²) in [6.45, 7) is 0.399. The van der Waals surface area contributed by atoms with Gasteiger partial charge in [0.1, 0.15) is 5.75 Å². The third-order valence-electron chi connectivity index (χ3n) is 2.83. The molecule has 0 fully saturated rings. The number of rotatable bonds is 3. The number of ether oxygens (including phenoxy) is 1. The molecular weight excluding hydrogens is 305 g/mol. The van der Waals surface area contributed by atoms with Crippen LogP contribution in [0.15, 0.2) is 30.3 Å². The summed E-state index contributed by atoms with van der Waals surface area (Å²) in [6.07, 6.45) is 0. The maximum atomic E-state index is 6.23. The van der Waals surface area contributed by atoms with E-state index in [4.69, 9.17) is 45.3 Å². The fourth-order valence-corrected chi connectivity index (χ4v) is 2.55. The fraction of sp³-hybridized carbons (Fsp3) is 0.143. The average molecular weight is 317 g/mol. The summed E-state index contributed by atoms with van der Waals surface area (Å²) < 4.78 is 5.12. The molecule has 0 spiro atoms. The lowest BCUT2D eigenvalue weighted by atomic mass is 10.0. The van der Waals surface area contributed by atoms with E-state index in [-0.39, 0.29) is 0 Å². The molecular formula is C14H12Cl3NO. The van der Waals surface area contributed by atoms with Crippen molar-refractivity contribution in [3.63, 3.8) is 0 Å². The molecule has 0 aliphatic carbocycles. The Morgan fingerprint density at radius 2 is 1.74 bits per heavy atom. The SMILES string of the molecule is COc1cc(Cl)c(-c2ccc(CN)c(Cl)c2)cc1Cl. The van der Waals surface area contributed by atoms with Gasteiger partial charge in [0, 0.05) is 23.2 Å². The van der Waals surface area contributed by atoms with Gasteiger partial charge in [-0.2, -0.15) is 0 Å². The standard InChI is InChI=1S/C14H12Cl3NO/c1-19-14-6-12(16)10(5-13(14)17)8-2-3-9(7-18)11(15)4-8/h2-6H,7,18H2,1H3. The van der Waals surface area contributed by atoms with Crippen molar-refractivity contribution in [1.29, 1.82) is 0 Å². The number of benzene rings is 2. The number of halogens is 3. The van der Waals surface area contributed by atoms with Crippen molar-refractivity contribution in [2.75, 3.05) is 7.11 Å². The number of hydrogen-bond donors (Lipinski definition) is 1. The van der Waals surface area contributed by atoms with Crippen LogP contribution in [0.3, 0.4) is 0 Å². The lowest BCUT2D eigenvalue weighted by Gasteiger charge is -2.10. The van der Waals surface area contributed by atoms with Crippen LogP contribution >= 0.6 is 34.8 Å². The second-order valence-corrected chi connectivity index (χ2v) is 5.20. The van der Waals surface area contributed by atoms with Crippen LogP contribution in [0, 0.1) is 0 Å². The van der Waals surface area contributed by atoms with Crippen LogP contribution in [-0.4, -0.2) is 7.11 Å². The van der Waals surface area contributed by atoms with E-state index in [1.54, 1.807) is 19.2 Å². The number of nitrogens with two attached hydrogens (primary N) is 1. The van der Waals surface area contributed by atoms with Gasteiger partial charge in [-0.15, -0.1) is 0 Å². The van der Waals surface area contributed by atoms with E-state index >= 15 is 0 Å². The highest BCUT2D eigenvalue weighted by Gasteiger charge is 2.11. The third kappa shape index (κ3) is 2.98. The van der Waals surface area contributed by atoms with Crippen LogP contribution in [0.2, 0.25) is 15.1 Å². The maximum absolute atomic E-state index is 6.23. The molecule has 0 aliphatic heterocycles. The highest BCUT2D eigenvalue weighted by atomic mass is 35.5. The molecule has 0 saturated carbocycles. The Kier molecular flexibility index (Phi) is 4.58. The molecule has 2 aromatic rings. The maximum Gasteiger partial charge on any atom is 0.138 e. The molecule has 0 atom stereocenters. The summed E-state index contributed by atoms with van der Waals surface area (Å²) >= 11 is 18.5. The zero-order valence-electron chi connectivity index (χ0n) is 10.2. The minimum atomic E-state index is 0.399. The van der Waals surface area contributed by atoms with Gasteiger partial charge in [-0.1, -0.05) is 46.9 Å². The topological polar surface area (TPSA) is 35.2 Å². The monoisotopic (exact) mass is 315 g/mol. The lowest BCUT2D eigenvalue weighted by molar-refractivity contribution is 0.415. The van der Waals surface area contributed by atoms with E-state index in [0.717, 1.165) is 16.7 Å². The second-order valence-electron chi connectivity index (χ2n) is 3.98. The minimum absolute atomic E-state index is 0.399. The van der Waals surface area contributed by atoms with E-state index in [9.17, 15) is 0 Å². The second kappa shape index (κ2) is 6.02. The molecule has 0 unspecified atom stereocenters. The molecule has 0 aromatic heterocycles. The first-order chi connectivity index (χ1) is 9.06. The van der Waals surface area contributed by atoms with Crippen molar-refractivity contribution in [3.8, 4) is 16.9 Å². The largest absolute Gasteiger partial charge is 0.495 e. The van der Waals surface area contributed by atoms with E-state index in [0.29, 0.717) is 27.4 Å². The molecule has 2 N–H and O–H groups in total. The first-order valence-corrected chi connectivity index (χ1v) is 6.72. The van der Waals surface area contributed by atoms with Crippen molar-refractivity contribution < 1.29 is 4.74 Å². The van der Waals surface area contributed by atoms with Gasteiger partial charge in [0.15, 0.2) is 0 Å². The number of methoxy groups -OCH3 is 1. The number of hydrogen-bond acceptors (Lipinski definition) is 2. The molecule has 2 aromatic carbocycles. The van der Waals surface area contributed by atoms with E-state index < -0.39 is 0 Å². The summed E-state index contributed by atoms with van der Waals surface area (Å²) in [7, 11) is 1.55. The molecule has 0 aliphatic rings. The normalized spacial score (nSPS) is 10.6. The van der Waals surface area contributed by atoms with Gasteiger partial charge in [-0.25, -0.2) is 0 Å². The van der Waals surface area contributed by atoms with Gasteiger partial charge in [-0.05, 0) is 23.3 Å². The Hall–Kier alpha value is -0.930. The van der Waals surface area contributed by atoms with Crippen LogP contribution < -0.4 is 10.5 Å². The van der Waals surface area contributed by atoms with Crippen molar-refractivity contribution in [2.24, 2.45) is 5.73 Å². The van der Waals surface area contributed by atoms with Crippen LogP contribution in [0.4, 0.5) is 0 Å². The molecule has 2 rings (SSSR count). The lowest BCUT2D eigenvalue weighted by Crippen LogP contribution is -1.97. The Morgan fingerprint density at radius 3 is 2.32 bits per heavy atom. The average Bonchev–Trinajstić information content (AvgIpc) is 2.40.